The van der Waals surface area contributed by atoms with E-state index < -0.39 is 5.91 Å². The van der Waals surface area contributed by atoms with Gasteiger partial charge < -0.3 is 10.3 Å². The molecule has 15 heavy (non-hydrogen) atoms. The van der Waals surface area contributed by atoms with Crippen molar-refractivity contribution in [2.75, 3.05) is 0 Å². The maximum absolute atomic E-state index is 10.8. The molecule has 2 N–H and O–H groups in total. The van der Waals surface area contributed by atoms with Gasteiger partial charge in [0.15, 0.2) is 0 Å². The van der Waals surface area contributed by atoms with Gasteiger partial charge >= 0.3 is 0 Å². The molecule has 2 rings (SSSR count). The van der Waals surface area contributed by atoms with Crippen molar-refractivity contribution in [1.82, 2.24) is 5.16 Å². The summed E-state index contributed by atoms with van der Waals surface area (Å²) < 4.78 is 4.75. The van der Waals surface area contributed by atoms with Crippen LogP contribution >= 0.6 is 11.6 Å². The molecular weight excluding hydrogens is 216 g/mol. The molecule has 0 saturated carbocycles. The summed E-state index contributed by atoms with van der Waals surface area (Å²) in [6.07, 6.45) is 0. The molecule has 0 bridgehead atoms. The maximum atomic E-state index is 10.8. The number of primary amides is 1. The fourth-order valence-corrected chi connectivity index (χ4v) is 1.37. The molecule has 0 fully saturated rings. The summed E-state index contributed by atoms with van der Waals surface area (Å²) in [4.78, 5) is 10.8. The van der Waals surface area contributed by atoms with Crippen molar-refractivity contribution in [3.8, 4) is 11.3 Å². The first-order chi connectivity index (χ1) is 7.16. The van der Waals surface area contributed by atoms with Gasteiger partial charge in [0.2, 0.25) is 5.76 Å². The van der Waals surface area contributed by atoms with E-state index in [1.807, 2.05) is 6.07 Å². The minimum atomic E-state index is -0.643. The van der Waals surface area contributed by atoms with Crippen molar-refractivity contribution in [2.45, 2.75) is 0 Å². The Hall–Kier alpha value is -1.81. The summed E-state index contributed by atoms with van der Waals surface area (Å²) in [5.74, 6) is -0.610. The first-order valence-corrected chi connectivity index (χ1v) is 4.57. The second-order valence-corrected chi connectivity index (χ2v) is 3.39. The summed E-state index contributed by atoms with van der Waals surface area (Å²) in [6, 6.07) is 8.56. The number of amides is 1. The van der Waals surface area contributed by atoms with Crippen LogP contribution in [-0.4, -0.2) is 11.1 Å². The Labute approximate surface area is 90.6 Å². The molecule has 0 radical (unpaired) electrons. The SMILES string of the molecule is NC(=O)c1cc(-c2cccc(Cl)c2)no1. The molecule has 0 spiro atoms. The van der Waals surface area contributed by atoms with Crippen molar-refractivity contribution in [2.24, 2.45) is 5.73 Å². The number of benzene rings is 1. The second kappa shape index (κ2) is 3.74. The minimum Gasteiger partial charge on any atom is -0.363 e. The summed E-state index contributed by atoms with van der Waals surface area (Å²) in [7, 11) is 0. The Kier molecular flexibility index (Phi) is 2.43. The minimum absolute atomic E-state index is 0.0324. The van der Waals surface area contributed by atoms with Gasteiger partial charge in [-0.3, -0.25) is 4.79 Å². The smallest absolute Gasteiger partial charge is 0.287 e. The Bertz CT molecular complexity index is 508. The lowest BCUT2D eigenvalue weighted by atomic mass is 10.1. The number of carbonyl (C=O) groups excluding carboxylic acids is 1. The number of nitrogens with two attached hydrogens (primary N) is 1. The van der Waals surface area contributed by atoms with Gasteiger partial charge in [0.25, 0.3) is 5.91 Å². The summed E-state index contributed by atoms with van der Waals surface area (Å²) in [5, 5.41) is 4.31. The third kappa shape index (κ3) is 1.99. The molecule has 0 unspecified atom stereocenters. The van der Waals surface area contributed by atoms with Gasteiger partial charge in [-0.15, -0.1) is 0 Å². The zero-order chi connectivity index (χ0) is 10.8. The number of halogens is 1. The van der Waals surface area contributed by atoms with E-state index in [2.05, 4.69) is 5.16 Å². The van der Waals surface area contributed by atoms with E-state index in [1.165, 1.54) is 6.07 Å². The topological polar surface area (TPSA) is 69.1 Å². The van der Waals surface area contributed by atoms with Gasteiger partial charge in [-0.2, -0.15) is 0 Å². The van der Waals surface area contributed by atoms with Crippen LogP contribution in [0, 0.1) is 0 Å². The van der Waals surface area contributed by atoms with Gasteiger partial charge in [0.1, 0.15) is 5.69 Å². The number of hydrogen-bond acceptors (Lipinski definition) is 3. The van der Waals surface area contributed by atoms with E-state index in [4.69, 9.17) is 21.9 Å². The van der Waals surface area contributed by atoms with Crippen LogP contribution in [0.5, 0.6) is 0 Å². The standard InChI is InChI=1S/C10H7ClN2O2/c11-7-3-1-2-6(4-7)8-5-9(10(12)14)15-13-8/h1-5H,(H2,12,14). The van der Waals surface area contributed by atoms with Crippen LogP contribution in [0.25, 0.3) is 11.3 Å². The van der Waals surface area contributed by atoms with Gasteiger partial charge in [0.05, 0.1) is 0 Å². The van der Waals surface area contributed by atoms with Crippen molar-refractivity contribution < 1.29 is 9.32 Å². The van der Waals surface area contributed by atoms with Crippen LogP contribution in [0.4, 0.5) is 0 Å². The molecule has 76 valence electrons. The quantitative estimate of drug-likeness (QED) is 0.846. The number of nitrogens with zero attached hydrogens (tertiary/aromatic N) is 1. The highest BCUT2D eigenvalue weighted by molar-refractivity contribution is 6.30. The third-order valence-electron chi connectivity index (χ3n) is 1.87. The van der Waals surface area contributed by atoms with Gasteiger partial charge in [-0.1, -0.05) is 28.9 Å². The molecule has 2 aromatic rings. The molecule has 0 aliphatic heterocycles. The van der Waals surface area contributed by atoms with E-state index >= 15 is 0 Å². The molecule has 1 heterocycles. The van der Waals surface area contributed by atoms with Crippen LogP contribution in [0.2, 0.25) is 5.02 Å². The second-order valence-electron chi connectivity index (χ2n) is 2.95. The van der Waals surface area contributed by atoms with E-state index in [1.54, 1.807) is 18.2 Å². The Morgan fingerprint density at radius 1 is 1.40 bits per heavy atom. The van der Waals surface area contributed by atoms with Crippen molar-refractivity contribution >= 4 is 17.5 Å². The lowest BCUT2D eigenvalue weighted by Crippen LogP contribution is -2.09. The first kappa shape index (κ1) is 9.73. The zero-order valence-electron chi connectivity index (χ0n) is 7.61. The van der Waals surface area contributed by atoms with Crippen LogP contribution in [0.3, 0.4) is 0 Å². The Balaban J connectivity index is 2.41. The number of hydrogen-bond donors (Lipinski definition) is 1. The number of carbonyl (C=O) groups is 1. The summed E-state index contributed by atoms with van der Waals surface area (Å²) >= 11 is 5.81. The average molecular weight is 223 g/mol. The lowest BCUT2D eigenvalue weighted by molar-refractivity contribution is 0.0965. The van der Waals surface area contributed by atoms with Crippen LogP contribution < -0.4 is 5.73 Å². The van der Waals surface area contributed by atoms with Crippen LogP contribution in [-0.2, 0) is 0 Å². The molecule has 5 heteroatoms. The third-order valence-corrected chi connectivity index (χ3v) is 2.11. The van der Waals surface area contributed by atoms with E-state index in [-0.39, 0.29) is 5.76 Å². The molecule has 0 aliphatic rings. The van der Waals surface area contributed by atoms with Crippen molar-refractivity contribution in [1.29, 1.82) is 0 Å². The van der Waals surface area contributed by atoms with E-state index in [0.29, 0.717) is 10.7 Å². The summed E-state index contributed by atoms with van der Waals surface area (Å²) in [6.45, 7) is 0. The van der Waals surface area contributed by atoms with Crippen molar-refractivity contribution in [3.05, 3.63) is 41.1 Å². The Morgan fingerprint density at radius 3 is 2.80 bits per heavy atom. The molecule has 1 amide bonds. The molecule has 0 saturated heterocycles. The fourth-order valence-electron chi connectivity index (χ4n) is 1.18. The lowest BCUT2D eigenvalue weighted by Gasteiger charge is -1.94. The highest BCUT2D eigenvalue weighted by Gasteiger charge is 2.10. The molecule has 0 atom stereocenters. The average Bonchev–Trinajstić information content (AvgIpc) is 2.66. The normalized spacial score (nSPS) is 10.2. The Morgan fingerprint density at radius 2 is 2.20 bits per heavy atom. The van der Waals surface area contributed by atoms with Gasteiger partial charge in [0, 0.05) is 16.7 Å². The number of aromatic nitrogens is 1. The molecule has 1 aromatic carbocycles. The monoisotopic (exact) mass is 222 g/mol. The van der Waals surface area contributed by atoms with Gasteiger partial charge in [-0.25, -0.2) is 0 Å². The fraction of sp³-hybridized carbons (Fsp3) is 0. The first-order valence-electron chi connectivity index (χ1n) is 4.19. The maximum Gasteiger partial charge on any atom is 0.287 e. The predicted octanol–water partition coefficient (Wildman–Crippen LogP) is 2.09. The molecule has 0 aliphatic carbocycles. The largest absolute Gasteiger partial charge is 0.363 e. The highest BCUT2D eigenvalue weighted by atomic mass is 35.5. The highest BCUT2D eigenvalue weighted by Crippen LogP contribution is 2.22. The molecule has 1 aromatic heterocycles. The number of rotatable bonds is 2. The van der Waals surface area contributed by atoms with Crippen molar-refractivity contribution in [3.63, 3.8) is 0 Å². The van der Waals surface area contributed by atoms with Crippen LogP contribution in [0.15, 0.2) is 34.9 Å². The molecule has 4 nitrogen and oxygen atoms in total. The predicted molar refractivity (Wildman–Crippen MR) is 55.5 cm³/mol. The van der Waals surface area contributed by atoms with Crippen LogP contribution in [0.1, 0.15) is 10.6 Å². The van der Waals surface area contributed by atoms with Gasteiger partial charge in [-0.05, 0) is 12.1 Å². The van der Waals surface area contributed by atoms with E-state index in [9.17, 15) is 4.79 Å². The zero-order valence-corrected chi connectivity index (χ0v) is 8.36. The van der Waals surface area contributed by atoms with E-state index in [0.717, 1.165) is 5.56 Å². The summed E-state index contributed by atoms with van der Waals surface area (Å²) in [5.41, 5.74) is 6.35. The molecular formula is C10H7ClN2O2.